The number of carbonyl (C=O) groups excluding carboxylic acids is 1. The molecule has 94 valence electrons. The van der Waals surface area contributed by atoms with E-state index in [1.807, 2.05) is 0 Å². The number of carbonyl (C=O) groups is 2. The third-order valence-electron chi connectivity index (χ3n) is 2.44. The second-order valence-corrected chi connectivity index (χ2v) is 3.55. The monoisotopic (exact) mass is 249 g/mol. The van der Waals surface area contributed by atoms with Gasteiger partial charge in [-0.05, 0) is 24.3 Å². The van der Waals surface area contributed by atoms with E-state index in [-0.39, 0.29) is 12.2 Å². The van der Waals surface area contributed by atoms with E-state index >= 15 is 0 Å². The number of furan rings is 1. The highest BCUT2D eigenvalue weighted by molar-refractivity contribution is 5.89. The normalized spacial score (nSPS) is 10.3. The Morgan fingerprint density at radius 3 is 2.72 bits per heavy atom. The number of carboxylic acids is 1. The van der Waals surface area contributed by atoms with Crippen molar-refractivity contribution in [3.63, 3.8) is 0 Å². The standard InChI is InChI=1S/C12H11NO5/c1-17-12(16)9-5-4-8(10-3-2-6-18-10)13(9)7-11(14)15/h2-6H,7H2,1H3,(H,14,15). The summed E-state index contributed by atoms with van der Waals surface area (Å²) in [5.41, 5.74) is 0.689. The Morgan fingerprint density at radius 2 is 2.17 bits per heavy atom. The van der Waals surface area contributed by atoms with Gasteiger partial charge in [-0.1, -0.05) is 0 Å². The molecule has 2 aromatic rings. The molecular formula is C12H11NO5. The van der Waals surface area contributed by atoms with E-state index in [2.05, 4.69) is 4.74 Å². The number of aromatic nitrogens is 1. The highest BCUT2D eigenvalue weighted by Gasteiger charge is 2.19. The molecule has 1 N–H and O–H groups in total. The third kappa shape index (κ3) is 2.13. The van der Waals surface area contributed by atoms with Crippen LogP contribution in [0.2, 0.25) is 0 Å². The number of hydrogen-bond acceptors (Lipinski definition) is 4. The van der Waals surface area contributed by atoms with E-state index in [0.717, 1.165) is 0 Å². The van der Waals surface area contributed by atoms with Crippen molar-refractivity contribution in [2.45, 2.75) is 6.54 Å². The Morgan fingerprint density at radius 1 is 1.39 bits per heavy atom. The minimum Gasteiger partial charge on any atom is -0.480 e. The van der Waals surface area contributed by atoms with Crippen LogP contribution in [0.3, 0.4) is 0 Å². The van der Waals surface area contributed by atoms with Crippen molar-refractivity contribution in [3.05, 3.63) is 36.2 Å². The van der Waals surface area contributed by atoms with Gasteiger partial charge in [-0.3, -0.25) is 4.79 Å². The molecule has 0 saturated carbocycles. The van der Waals surface area contributed by atoms with E-state index in [9.17, 15) is 9.59 Å². The molecule has 0 aromatic carbocycles. The molecule has 0 saturated heterocycles. The lowest BCUT2D eigenvalue weighted by molar-refractivity contribution is -0.137. The average Bonchev–Trinajstić information content (AvgIpc) is 2.95. The minimum atomic E-state index is -1.05. The summed E-state index contributed by atoms with van der Waals surface area (Å²) >= 11 is 0. The van der Waals surface area contributed by atoms with Crippen LogP contribution in [0, 0.1) is 0 Å². The molecule has 0 aliphatic heterocycles. The molecule has 0 fully saturated rings. The average molecular weight is 249 g/mol. The summed E-state index contributed by atoms with van der Waals surface area (Å²) in [5, 5.41) is 8.88. The van der Waals surface area contributed by atoms with E-state index in [4.69, 9.17) is 9.52 Å². The fourth-order valence-corrected chi connectivity index (χ4v) is 1.70. The smallest absolute Gasteiger partial charge is 0.354 e. The maximum absolute atomic E-state index is 11.5. The van der Waals surface area contributed by atoms with Crippen molar-refractivity contribution >= 4 is 11.9 Å². The summed E-state index contributed by atoms with van der Waals surface area (Å²) in [6.45, 7) is -0.340. The first-order chi connectivity index (χ1) is 8.63. The van der Waals surface area contributed by atoms with Crippen LogP contribution in [-0.2, 0) is 16.1 Å². The highest BCUT2D eigenvalue weighted by Crippen LogP contribution is 2.23. The Kier molecular flexibility index (Phi) is 3.18. The number of nitrogens with zero attached hydrogens (tertiary/aromatic N) is 1. The zero-order chi connectivity index (χ0) is 13.1. The van der Waals surface area contributed by atoms with Crippen LogP contribution >= 0.6 is 0 Å². The number of ether oxygens (including phenoxy) is 1. The Labute approximate surface area is 102 Å². The molecule has 2 heterocycles. The molecule has 0 radical (unpaired) electrons. The maximum atomic E-state index is 11.5. The van der Waals surface area contributed by atoms with Gasteiger partial charge in [0.2, 0.25) is 0 Å². The van der Waals surface area contributed by atoms with Crippen molar-refractivity contribution in [2.75, 3.05) is 7.11 Å². The summed E-state index contributed by atoms with van der Waals surface area (Å²) in [5.74, 6) is -1.15. The van der Waals surface area contributed by atoms with Crippen LogP contribution in [0.25, 0.3) is 11.5 Å². The summed E-state index contributed by atoms with van der Waals surface area (Å²) in [6.07, 6.45) is 1.48. The number of hydrogen-bond donors (Lipinski definition) is 1. The van der Waals surface area contributed by atoms with Crippen LogP contribution in [0.5, 0.6) is 0 Å². The van der Waals surface area contributed by atoms with Gasteiger partial charge < -0.3 is 18.8 Å². The number of aliphatic carboxylic acids is 1. The largest absolute Gasteiger partial charge is 0.480 e. The molecule has 0 amide bonds. The summed E-state index contributed by atoms with van der Waals surface area (Å²) in [4.78, 5) is 22.4. The first-order valence-corrected chi connectivity index (χ1v) is 5.17. The fourth-order valence-electron chi connectivity index (χ4n) is 1.70. The zero-order valence-electron chi connectivity index (χ0n) is 9.62. The van der Waals surface area contributed by atoms with E-state index in [0.29, 0.717) is 11.5 Å². The van der Waals surface area contributed by atoms with Gasteiger partial charge in [0.05, 0.1) is 19.1 Å². The summed E-state index contributed by atoms with van der Waals surface area (Å²) in [6, 6.07) is 6.50. The Balaban J connectivity index is 2.50. The molecular weight excluding hydrogens is 238 g/mol. The molecule has 0 bridgehead atoms. The fraction of sp³-hybridized carbons (Fsp3) is 0.167. The van der Waals surface area contributed by atoms with Crippen LogP contribution in [0.1, 0.15) is 10.5 Å². The van der Waals surface area contributed by atoms with E-state index in [1.54, 1.807) is 18.2 Å². The van der Waals surface area contributed by atoms with Crippen LogP contribution < -0.4 is 0 Å². The van der Waals surface area contributed by atoms with Gasteiger partial charge in [0.1, 0.15) is 18.0 Å². The first kappa shape index (κ1) is 12.0. The first-order valence-electron chi connectivity index (χ1n) is 5.17. The topological polar surface area (TPSA) is 81.7 Å². The lowest BCUT2D eigenvalue weighted by atomic mass is 10.3. The highest BCUT2D eigenvalue weighted by atomic mass is 16.5. The van der Waals surface area contributed by atoms with E-state index < -0.39 is 11.9 Å². The van der Waals surface area contributed by atoms with Gasteiger partial charge in [0.25, 0.3) is 0 Å². The zero-order valence-corrected chi connectivity index (χ0v) is 9.62. The third-order valence-corrected chi connectivity index (χ3v) is 2.44. The van der Waals surface area contributed by atoms with Crippen LogP contribution in [0.15, 0.2) is 34.9 Å². The summed E-state index contributed by atoms with van der Waals surface area (Å²) in [7, 11) is 1.24. The predicted molar refractivity (Wildman–Crippen MR) is 61.1 cm³/mol. The minimum absolute atomic E-state index is 0.173. The van der Waals surface area contributed by atoms with Crippen molar-refractivity contribution < 1.29 is 23.8 Å². The van der Waals surface area contributed by atoms with Crippen molar-refractivity contribution in [1.82, 2.24) is 4.57 Å². The van der Waals surface area contributed by atoms with Gasteiger partial charge in [0.15, 0.2) is 0 Å². The Hall–Kier alpha value is -2.50. The maximum Gasteiger partial charge on any atom is 0.354 e. The van der Waals surface area contributed by atoms with Crippen molar-refractivity contribution in [3.8, 4) is 11.5 Å². The summed E-state index contributed by atoms with van der Waals surface area (Å²) < 4.78 is 11.1. The molecule has 0 aliphatic carbocycles. The quantitative estimate of drug-likeness (QED) is 0.832. The molecule has 0 atom stereocenters. The molecule has 2 aromatic heterocycles. The molecule has 18 heavy (non-hydrogen) atoms. The second kappa shape index (κ2) is 4.79. The van der Waals surface area contributed by atoms with Gasteiger partial charge >= 0.3 is 11.9 Å². The number of carboxylic acid groups (broad SMARTS) is 1. The Bertz CT molecular complexity index is 567. The van der Waals surface area contributed by atoms with Crippen LogP contribution in [-0.4, -0.2) is 28.7 Å². The lowest BCUT2D eigenvalue weighted by Gasteiger charge is -2.08. The molecule has 6 nitrogen and oxygen atoms in total. The molecule has 0 spiro atoms. The van der Waals surface area contributed by atoms with Gasteiger partial charge in [-0.25, -0.2) is 4.79 Å². The van der Waals surface area contributed by atoms with Gasteiger partial charge in [-0.15, -0.1) is 0 Å². The lowest BCUT2D eigenvalue weighted by Crippen LogP contribution is -2.16. The number of methoxy groups -OCH3 is 1. The van der Waals surface area contributed by atoms with Crippen LogP contribution in [0.4, 0.5) is 0 Å². The van der Waals surface area contributed by atoms with Gasteiger partial charge in [0, 0.05) is 0 Å². The number of rotatable bonds is 4. The SMILES string of the molecule is COC(=O)c1ccc(-c2ccco2)n1CC(=O)O. The molecule has 6 heteroatoms. The predicted octanol–water partition coefficient (Wildman–Crippen LogP) is 1.62. The molecule has 2 rings (SSSR count). The number of esters is 1. The van der Waals surface area contributed by atoms with Gasteiger partial charge in [-0.2, -0.15) is 0 Å². The van der Waals surface area contributed by atoms with Crippen molar-refractivity contribution in [2.24, 2.45) is 0 Å². The second-order valence-electron chi connectivity index (χ2n) is 3.55. The van der Waals surface area contributed by atoms with Crippen molar-refractivity contribution in [1.29, 1.82) is 0 Å². The molecule has 0 aliphatic rings. The van der Waals surface area contributed by atoms with E-state index in [1.165, 1.54) is 24.0 Å². The molecule has 0 unspecified atom stereocenters.